The number of aromatic nitrogens is 1. The SMILES string of the molecule is CSc1cccc(N=c2oc3ccccc3cc2C(=O)Nc2nccs2)c1. The van der Waals surface area contributed by atoms with E-state index < -0.39 is 0 Å². The summed E-state index contributed by atoms with van der Waals surface area (Å²) in [5, 5.41) is 5.96. The maximum absolute atomic E-state index is 12.8. The third-order valence-corrected chi connectivity index (χ3v) is 5.25. The lowest BCUT2D eigenvalue weighted by molar-refractivity contribution is 0.102. The van der Waals surface area contributed by atoms with Gasteiger partial charge in [0.05, 0.1) is 5.69 Å². The molecule has 0 aliphatic carbocycles. The first-order chi connectivity index (χ1) is 13.2. The number of carbonyl (C=O) groups is 1. The van der Waals surface area contributed by atoms with Crippen molar-refractivity contribution >= 4 is 50.8 Å². The van der Waals surface area contributed by atoms with E-state index in [1.807, 2.05) is 54.8 Å². The topological polar surface area (TPSA) is 67.5 Å². The van der Waals surface area contributed by atoms with Crippen LogP contribution in [0.3, 0.4) is 0 Å². The second kappa shape index (κ2) is 7.77. The number of thiazole rings is 1. The standard InChI is InChI=1S/C20H15N3O2S2/c1-26-15-7-4-6-14(12-15)22-19-16(18(24)23-20-21-9-10-27-20)11-13-5-2-3-8-17(13)25-19/h2-12H,1H3,(H,21,23,24). The van der Waals surface area contributed by atoms with Crippen molar-refractivity contribution in [2.75, 3.05) is 11.6 Å². The van der Waals surface area contributed by atoms with Gasteiger partial charge >= 0.3 is 0 Å². The van der Waals surface area contributed by atoms with Gasteiger partial charge in [-0.05, 0) is 36.6 Å². The molecular formula is C20H15N3O2S2. The second-order valence-corrected chi connectivity index (χ2v) is 7.38. The van der Waals surface area contributed by atoms with Gasteiger partial charge in [-0.15, -0.1) is 23.1 Å². The van der Waals surface area contributed by atoms with Gasteiger partial charge in [0.2, 0.25) is 5.55 Å². The number of hydrogen-bond donors (Lipinski definition) is 1. The lowest BCUT2D eigenvalue weighted by atomic mass is 10.2. The maximum Gasteiger partial charge on any atom is 0.262 e. The smallest absolute Gasteiger partial charge is 0.262 e. The Morgan fingerprint density at radius 3 is 2.89 bits per heavy atom. The molecule has 0 aliphatic rings. The summed E-state index contributed by atoms with van der Waals surface area (Å²) in [5.74, 6) is -0.306. The average molecular weight is 393 g/mol. The van der Waals surface area contributed by atoms with E-state index in [4.69, 9.17) is 4.42 Å². The number of hydrogen-bond acceptors (Lipinski definition) is 6. The molecule has 27 heavy (non-hydrogen) atoms. The van der Waals surface area contributed by atoms with Crippen molar-refractivity contribution in [2.24, 2.45) is 4.99 Å². The van der Waals surface area contributed by atoms with Gasteiger partial charge in [0.15, 0.2) is 5.13 Å². The first kappa shape index (κ1) is 17.5. The number of para-hydroxylation sites is 1. The number of amides is 1. The van der Waals surface area contributed by atoms with Crippen molar-refractivity contribution in [3.05, 3.63) is 77.3 Å². The summed E-state index contributed by atoms with van der Waals surface area (Å²) >= 11 is 2.99. The molecule has 2 aromatic heterocycles. The molecular weight excluding hydrogens is 378 g/mol. The highest BCUT2D eigenvalue weighted by Crippen LogP contribution is 2.21. The van der Waals surface area contributed by atoms with Crippen LogP contribution in [-0.4, -0.2) is 17.1 Å². The van der Waals surface area contributed by atoms with Crippen LogP contribution in [0.15, 0.2) is 80.5 Å². The Hall–Kier alpha value is -2.90. The summed E-state index contributed by atoms with van der Waals surface area (Å²) in [6.45, 7) is 0. The number of nitrogens with one attached hydrogen (secondary N) is 1. The Labute approximate surface area is 163 Å². The monoisotopic (exact) mass is 393 g/mol. The fraction of sp³-hybridized carbons (Fsp3) is 0.0500. The van der Waals surface area contributed by atoms with Crippen molar-refractivity contribution in [1.29, 1.82) is 0 Å². The molecule has 5 nitrogen and oxygen atoms in total. The highest BCUT2D eigenvalue weighted by atomic mass is 32.2. The summed E-state index contributed by atoms with van der Waals surface area (Å²) < 4.78 is 5.96. The number of rotatable bonds is 4. The Bertz CT molecular complexity index is 1170. The molecule has 0 radical (unpaired) electrons. The number of fused-ring (bicyclic) bond motifs is 1. The molecule has 134 valence electrons. The predicted octanol–water partition coefficient (Wildman–Crippen LogP) is 5.10. The highest BCUT2D eigenvalue weighted by molar-refractivity contribution is 7.98. The Balaban J connectivity index is 1.86. The maximum atomic E-state index is 12.8. The summed E-state index contributed by atoms with van der Waals surface area (Å²) in [7, 11) is 0. The molecule has 7 heteroatoms. The van der Waals surface area contributed by atoms with Gasteiger partial charge in [-0.2, -0.15) is 0 Å². The number of nitrogens with zero attached hydrogens (tertiary/aromatic N) is 2. The molecule has 2 aromatic carbocycles. The molecule has 0 saturated heterocycles. The lowest BCUT2D eigenvalue weighted by Gasteiger charge is -2.05. The Kier molecular flexibility index (Phi) is 5.04. The van der Waals surface area contributed by atoms with Gasteiger partial charge in [0.1, 0.15) is 11.1 Å². The quantitative estimate of drug-likeness (QED) is 0.490. The molecule has 0 aliphatic heterocycles. The molecule has 0 fully saturated rings. The predicted molar refractivity (Wildman–Crippen MR) is 110 cm³/mol. The fourth-order valence-corrected chi connectivity index (χ4v) is 3.54. The minimum atomic E-state index is -0.306. The van der Waals surface area contributed by atoms with E-state index in [0.29, 0.717) is 16.3 Å². The van der Waals surface area contributed by atoms with Crippen LogP contribution in [0.25, 0.3) is 11.0 Å². The zero-order valence-electron chi connectivity index (χ0n) is 14.4. The lowest BCUT2D eigenvalue weighted by Crippen LogP contribution is -2.21. The summed E-state index contributed by atoms with van der Waals surface area (Å²) in [5.41, 5.74) is 2.02. The van der Waals surface area contributed by atoms with Crippen LogP contribution in [0.1, 0.15) is 10.4 Å². The Morgan fingerprint density at radius 1 is 1.19 bits per heavy atom. The van der Waals surface area contributed by atoms with E-state index in [0.717, 1.165) is 16.0 Å². The van der Waals surface area contributed by atoms with Crippen LogP contribution in [-0.2, 0) is 0 Å². The third-order valence-electron chi connectivity index (χ3n) is 3.84. The van der Waals surface area contributed by atoms with Crippen molar-refractivity contribution < 1.29 is 9.21 Å². The zero-order chi connectivity index (χ0) is 18.6. The number of carbonyl (C=O) groups excluding carboxylic acids is 1. The van der Waals surface area contributed by atoms with Crippen molar-refractivity contribution in [3.8, 4) is 0 Å². The third kappa shape index (κ3) is 3.94. The first-order valence-electron chi connectivity index (χ1n) is 8.15. The van der Waals surface area contributed by atoms with Gasteiger partial charge < -0.3 is 4.42 Å². The van der Waals surface area contributed by atoms with Crippen molar-refractivity contribution in [1.82, 2.24) is 4.98 Å². The molecule has 0 saturated carbocycles. The minimum absolute atomic E-state index is 0.265. The van der Waals surface area contributed by atoms with E-state index in [1.165, 1.54) is 11.3 Å². The molecule has 4 rings (SSSR count). The van der Waals surface area contributed by atoms with Gasteiger partial charge in [0, 0.05) is 21.9 Å². The molecule has 4 aromatic rings. The summed E-state index contributed by atoms with van der Waals surface area (Å²) in [4.78, 5) is 22.6. The molecule has 0 atom stereocenters. The van der Waals surface area contributed by atoms with Crippen LogP contribution in [0.5, 0.6) is 0 Å². The average Bonchev–Trinajstić information content (AvgIpc) is 3.20. The van der Waals surface area contributed by atoms with E-state index in [1.54, 1.807) is 29.4 Å². The van der Waals surface area contributed by atoms with Crippen LogP contribution in [0.2, 0.25) is 0 Å². The van der Waals surface area contributed by atoms with Crippen molar-refractivity contribution in [2.45, 2.75) is 4.90 Å². The zero-order valence-corrected chi connectivity index (χ0v) is 16.0. The summed E-state index contributed by atoms with van der Waals surface area (Å²) in [6, 6.07) is 17.1. The molecule has 2 heterocycles. The molecule has 1 N–H and O–H groups in total. The normalized spacial score (nSPS) is 11.7. The molecule has 1 amide bonds. The largest absolute Gasteiger partial charge is 0.438 e. The minimum Gasteiger partial charge on any atom is -0.438 e. The van der Waals surface area contributed by atoms with Gasteiger partial charge in [0.25, 0.3) is 5.91 Å². The Morgan fingerprint density at radius 2 is 2.07 bits per heavy atom. The van der Waals surface area contributed by atoms with Crippen LogP contribution < -0.4 is 10.9 Å². The number of anilines is 1. The number of thioether (sulfide) groups is 1. The van der Waals surface area contributed by atoms with E-state index in [9.17, 15) is 4.79 Å². The van der Waals surface area contributed by atoms with Gasteiger partial charge in [-0.25, -0.2) is 9.98 Å². The van der Waals surface area contributed by atoms with Gasteiger partial charge in [-0.3, -0.25) is 10.1 Å². The van der Waals surface area contributed by atoms with Gasteiger partial charge in [-0.1, -0.05) is 24.3 Å². The first-order valence-corrected chi connectivity index (χ1v) is 10.3. The number of benzene rings is 2. The van der Waals surface area contributed by atoms with E-state index >= 15 is 0 Å². The summed E-state index contributed by atoms with van der Waals surface area (Å²) in [6.07, 6.45) is 3.65. The second-order valence-electron chi connectivity index (χ2n) is 5.61. The van der Waals surface area contributed by atoms with Crippen LogP contribution in [0.4, 0.5) is 10.8 Å². The van der Waals surface area contributed by atoms with E-state index in [2.05, 4.69) is 15.3 Å². The van der Waals surface area contributed by atoms with Crippen LogP contribution in [0, 0.1) is 0 Å². The molecule has 0 bridgehead atoms. The van der Waals surface area contributed by atoms with E-state index in [-0.39, 0.29) is 11.5 Å². The van der Waals surface area contributed by atoms with Crippen molar-refractivity contribution in [3.63, 3.8) is 0 Å². The molecule has 0 spiro atoms. The fourth-order valence-electron chi connectivity index (χ4n) is 2.56. The molecule has 0 unspecified atom stereocenters. The van der Waals surface area contributed by atoms with Crippen LogP contribution >= 0.6 is 23.1 Å². The highest BCUT2D eigenvalue weighted by Gasteiger charge is 2.14.